The fraction of sp³-hybridized carbons (Fsp3) is 0.375. The van der Waals surface area contributed by atoms with Gasteiger partial charge in [0.05, 0.1) is 5.69 Å². The Labute approximate surface area is 123 Å². The molecule has 110 valence electrons. The van der Waals surface area contributed by atoms with Crippen LogP contribution < -0.4 is 5.32 Å². The molecule has 0 saturated carbocycles. The third kappa shape index (κ3) is 3.49. The van der Waals surface area contributed by atoms with E-state index in [0.29, 0.717) is 13.2 Å². The molecule has 21 heavy (non-hydrogen) atoms. The van der Waals surface area contributed by atoms with Crippen LogP contribution in [0.2, 0.25) is 0 Å². The number of rotatable bonds is 5. The normalized spacial score (nSPS) is 17.8. The molecule has 1 atom stereocenters. The molecule has 0 aliphatic carbocycles. The number of nitrogens with zero attached hydrogens (tertiary/aromatic N) is 2. The first kappa shape index (κ1) is 13.8. The second-order valence-corrected chi connectivity index (χ2v) is 5.16. The third-order valence-electron chi connectivity index (χ3n) is 3.64. The summed E-state index contributed by atoms with van der Waals surface area (Å²) in [6.07, 6.45) is 6.06. The molecule has 5 nitrogen and oxygen atoms in total. The van der Waals surface area contributed by atoms with E-state index in [9.17, 15) is 4.79 Å². The van der Waals surface area contributed by atoms with E-state index in [1.54, 1.807) is 6.20 Å². The molecule has 0 spiro atoms. The van der Waals surface area contributed by atoms with E-state index in [1.807, 2.05) is 29.1 Å². The van der Waals surface area contributed by atoms with Crippen LogP contribution in [0.4, 0.5) is 0 Å². The van der Waals surface area contributed by atoms with Crippen molar-refractivity contribution in [3.05, 3.63) is 48.3 Å². The van der Waals surface area contributed by atoms with Gasteiger partial charge in [-0.15, -0.1) is 0 Å². The highest BCUT2D eigenvalue weighted by Crippen LogP contribution is 2.12. The minimum atomic E-state index is -0.243. The second-order valence-electron chi connectivity index (χ2n) is 5.16. The van der Waals surface area contributed by atoms with Gasteiger partial charge in [0.25, 0.3) is 0 Å². The van der Waals surface area contributed by atoms with Crippen molar-refractivity contribution in [2.24, 2.45) is 0 Å². The number of amides is 1. The monoisotopic (exact) mass is 285 g/mol. The predicted octanol–water partition coefficient (Wildman–Crippen LogP) is 1.71. The van der Waals surface area contributed by atoms with Crippen LogP contribution in [0.1, 0.15) is 18.4 Å². The predicted molar refractivity (Wildman–Crippen MR) is 79.3 cm³/mol. The highest BCUT2D eigenvalue weighted by molar-refractivity contribution is 5.80. The van der Waals surface area contributed by atoms with E-state index in [-0.39, 0.29) is 12.0 Å². The zero-order chi connectivity index (χ0) is 14.5. The fourth-order valence-corrected chi connectivity index (χ4v) is 2.47. The molecule has 5 heteroatoms. The summed E-state index contributed by atoms with van der Waals surface area (Å²) in [5.74, 6) is 0.0145. The maximum Gasteiger partial charge on any atom is 0.249 e. The van der Waals surface area contributed by atoms with E-state index in [4.69, 9.17) is 4.74 Å². The summed E-state index contributed by atoms with van der Waals surface area (Å²) in [6, 6.07) is 10.1. The standard InChI is InChI=1S/C16H19N3O2/c20-16(15-3-1-12-21-15)17-10-8-13-4-6-14(7-5-13)19-11-2-9-18-19/h2,4-7,9,11,15H,1,3,8,10,12H2,(H,17,20). The first-order chi connectivity index (χ1) is 10.3. The Morgan fingerprint density at radius 2 is 2.24 bits per heavy atom. The molecule has 0 radical (unpaired) electrons. The highest BCUT2D eigenvalue weighted by Gasteiger charge is 2.22. The van der Waals surface area contributed by atoms with Crippen LogP contribution in [0, 0.1) is 0 Å². The summed E-state index contributed by atoms with van der Waals surface area (Å²) in [5, 5.41) is 7.13. The van der Waals surface area contributed by atoms with Gasteiger partial charge in [0.2, 0.25) is 5.91 Å². The van der Waals surface area contributed by atoms with Gasteiger partial charge in [-0.3, -0.25) is 4.79 Å². The largest absolute Gasteiger partial charge is 0.368 e. The van der Waals surface area contributed by atoms with Crippen LogP contribution in [0.5, 0.6) is 0 Å². The Kier molecular flexibility index (Phi) is 4.31. The summed E-state index contributed by atoms with van der Waals surface area (Å²) in [6.45, 7) is 1.34. The Bertz CT molecular complexity index is 572. The van der Waals surface area contributed by atoms with Gasteiger partial charge in [0.15, 0.2) is 0 Å². The van der Waals surface area contributed by atoms with Crippen molar-refractivity contribution in [3.63, 3.8) is 0 Å². The van der Waals surface area contributed by atoms with Crippen molar-refractivity contribution in [3.8, 4) is 5.69 Å². The summed E-state index contributed by atoms with van der Waals surface area (Å²) in [5.41, 5.74) is 2.23. The maximum atomic E-state index is 11.8. The zero-order valence-corrected chi connectivity index (χ0v) is 11.9. The first-order valence-electron chi connectivity index (χ1n) is 7.31. The fourth-order valence-electron chi connectivity index (χ4n) is 2.47. The van der Waals surface area contributed by atoms with Gasteiger partial charge in [-0.25, -0.2) is 4.68 Å². The number of benzene rings is 1. The number of carbonyl (C=O) groups is 1. The molecule has 3 rings (SSSR count). The van der Waals surface area contributed by atoms with Crippen molar-refractivity contribution >= 4 is 5.91 Å². The van der Waals surface area contributed by atoms with Gasteiger partial charge in [0, 0.05) is 25.5 Å². The van der Waals surface area contributed by atoms with Crippen molar-refractivity contribution in [2.45, 2.75) is 25.4 Å². The molecular weight excluding hydrogens is 266 g/mol. The molecule has 1 amide bonds. The average molecular weight is 285 g/mol. The zero-order valence-electron chi connectivity index (χ0n) is 11.9. The Hall–Kier alpha value is -2.14. The molecule has 1 aromatic carbocycles. The Balaban J connectivity index is 1.48. The first-order valence-corrected chi connectivity index (χ1v) is 7.31. The maximum absolute atomic E-state index is 11.8. The summed E-state index contributed by atoms with van der Waals surface area (Å²) in [7, 11) is 0. The molecule has 1 unspecified atom stereocenters. The molecule has 1 aliphatic rings. The summed E-state index contributed by atoms with van der Waals surface area (Å²) in [4.78, 5) is 11.8. The SMILES string of the molecule is O=C(NCCc1ccc(-n2cccn2)cc1)C1CCCO1. The molecule has 1 aliphatic heterocycles. The van der Waals surface area contributed by atoms with Crippen molar-refractivity contribution in [1.29, 1.82) is 0 Å². The molecule has 1 fully saturated rings. The molecular formula is C16H19N3O2. The van der Waals surface area contributed by atoms with Crippen molar-refractivity contribution in [2.75, 3.05) is 13.2 Å². The van der Waals surface area contributed by atoms with Gasteiger partial charge in [-0.2, -0.15) is 5.10 Å². The van der Waals surface area contributed by atoms with Crippen LogP contribution >= 0.6 is 0 Å². The number of hydrogen-bond acceptors (Lipinski definition) is 3. The smallest absolute Gasteiger partial charge is 0.249 e. The average Bonchev–Trinajstić information content (AvgIpc) is 3.21. The topological polar surface area (TPSA) is 56.2 Å². The molecule has 1 N–H and O–H groups in total. The van der Waals surface area contributed by atoms with E-state index >= 15 is 0 Å². The Morgan fingerprint density at radius 1 is 1.38 bits per heavy atom. The van der Waals surface area contributed by atoms with Gasteiger partial charge >= 0.3 is 0 Å². The molecule has 1 aromatic heterocycles. The third-order valence-corrected chi connectivity index (χ3v) is 3.64. The van der Waals surface area contributed by atoms with Gasteiger partial charge in [0.1, 0.15) is 6.10 Å². The van der Waals surface area contributed by atoms with Crippen LogP contribution in [-0.2, 0) is 16.0 Å². The minimum Gasteiger partial charge on any atom is -0.368 e. The lowest BCUT2D eigenvalue weighted by molar-refractivity contribution is -0.129. The quantitative estimate of drug-likeness (QED) is 0.910. The number of carbonyl (C=O) groups excluding carboxylic acids is 1. The number of ether oxygens (including phenoxy) is 1. The van der Waals surface area contributed by atoms with Crippen LogP contribution in [0.3, 0.4) is 0 Å². The number of aromatic nitrogens is 2. The van der Waals surface area contributed by atoms with Crippen molar-refractivity contribution < 1.29 is 9.53 Å². The van der Waals surface area contributed by atoms with Gasteiger partial charge < -0.3 is 10.1 Å². The van der Waals surface area contributed by atoms with Crippen LogP contribution in [0.15, 0.2) is 42.7 Å². The highest BCUT2D eigenvalue weighted by atomic mass is 16.5. The van der Waals surface area contributed by atoms with Gasteiger partial charge in [-0.1, -0.05) is 12.1 Å². The number of hydrogen-bond donors (Lipinski definition) is 1. The Morgan fingerprint density at radius 3 is 2.90 bits per heavy atom. The van der Waals surface area contributed by atoms with Gasteiger partial charge in [-0.05, 0) is 43.0 Å². The lowest BCUT2D eigenvalue weighted by atomic mass is 10.1. The van der Waals surface area contributed by atoms with E-state index in [0.717, 1.165) is 24.9 Å². The van der Waals surface area contributed by atoms with Crippen LogP contribution in [0.25, 0.3) is 5.69 Å². The number of nitrogens with one attached hydrogen (secondary N) is 1. The second kappa shape index (κ2) is 6.54. The van der Waals surface area contributed by atoms with E-state index < -0.39 is 0 Å². The van der Waals surface area contributed by atoms with E-state index in [2.05, 4.69) is 22.5 Å². The lowest BCUT2D eigenvalue weighted by Crippen LogP contribution is -2.35. The molecule has 2 heterocycles. The minimum absolute atomic E-state index is 0.0145. The van der Waals surface area contributed by atoms with Crippen molar-refractivity contribution in [1.82, 2.24) is 15.1 Å². The molecule has 2 aromatic rings. The summed E-state index contributed by atoms with van der Waals surface area (Å²) < 4.78 is 7.18. The molecule has 0 bridgehead atoms. The van der Waals surface area contributed by atoms with Crippen LogP contribution in [-0.4, -0.2) is 34.9 Å². The molecule has 1 saturated heterocycles. The lowest BCUT2D eigenvalue weighted by Gasteiger charge is -2.10. The van der Waals surface area contributed by atoms with E-state index in [1.165, 1.54) is 5.56 Å². The summed E-state index contributed by atoms with van der Waals surface area (Å²) >= 11 is 0.